The fraction of sp³-hybridized carbons (Fsp3) is 0.857. The zero-order chi connectivity index (χ0) is 7.11. The Balaban J connectivity index is 3.22. The van der Waals surface area contributed by atoms with Crippen LogP contribution in [0.25, 0.3) is 0 Å². The summed E-state index contributed by atoms with van der Waals surface area (Å²) in [5, 5.41) is 8.27. The van der Waals surface area contributed by atoms with Crippen molar-refractivity contribution in [3.05, 3.63) is 0 Å². The number of nitrogens with zero attached hydrogens (tertiary/aromatic N) is 1. The third-order valence-corrected chi connectivity index (χ3v) is 4.08. The lowest BCUT2D eigenvalue weighted by Crippen LogP contribution is -1.87. The van der Waals surface area contributed by atoms with E-state index in [0.29, 0.717) is 0 Å². The summed E-state index contributed by atoms with van der Waals surface area (Å²) in [6, 6.07) is 2.18. The molecule has 0 aromatic carbocycles. The quantitative estimate of drug-likeness (QED) is 0.554. The summed E-state index contributed by atoms with van der Waals surface area (Å²) in [7, 11) is 0.215. The van der Waals surface area contributed by atoms with Crippen LogP contribution in [0.2, 0.25) is 0 Å². The van der Waals surface area contributed by atoms with E-state index in [9.17, 15) is 0 Å². The Morgan fingerprint density at radius 3 is 2.22 bits per heavy atom. The molecule has 1 nitrogen and oxygen atoms in total. The predicted octanol–water partition coefficient (Wildman–Crippen LogP) is 2.42. The Kier molecular flexibility index (Phi) is 5.99. The van der Waals surface area contributed by atoms with Crippen molar-refractivity contribution in [2.24, 2.45) is 0 Å². The molecule has 0 rings (SSSR count). The van der Waals surface area contributed by atoms with E-state index in [2.05, 4.69) is 19.9 Å². The normalized spacial score (nSPS) is 9.56. The minimum absolute atomic E-state index is 0.215. The van der Waals surface area contributed by atoms with Gasteiger partial charge >= 0.3 is 0 Å². The molecule has 2 heteroatoms. The summed E-state index contributed by atoms with van der Waals surface area (Å²) >= 11 is 0. The van der Waals surface area contributed by atoms with E-state index in [1.807, 2.05) is 0 Å². The molecule has 0 unspecified atom stereocenters. The number of nitriles is 1. The summed E-state index contributed by atoms with van der Waals surface area (Å²) in [5.41, 5.74) is 0. The molecule has 0 heterocycles. The second-order valence-corrected chi connectivity index (χ2v) is 4.99. The number of hydrogen-bond acceptors (Lipinski definition) is 1. The molecular formula is C7H14NP. The second kappa shape index (κ2) is 6.05. The molecule has 0 saturated carbocycles. The maximum Gasteiger partial charge on any atom is 0.0625 e. The first-order valence-electron chi connectivity index (χ1n) is 3.44. The molecule has 9 heavy (non-hydrogen) atoms. The largest absolute Gasteiger partial charge is 0.198 e. The zero-order valence-electron chi connectivity index (χ0n) is 6.22. The van der Waals surface area contributed by atoms with Crippen LogP contribution >= 0.6 is 7.92 Å². The molecule has 0 fully saturated rings. The first-order chi connectivity index (χ1) is 4.35. The van der Waals surface area contributed by atoms with Crippen molar-refractivity contribution >= 4 is 7.92 Å². The lowest BCUT2D eigenvalue weighted by molar-refractivity contribution is 1.20. The monoisotopic (exact) mass is 143 g/mol. The maximum atomic E-state index is 8.27. The molecule has 0 atom stereocenters. The van der Waals surface area contributed by atoms with Crippen molar-refractivity contribution in [3.8, 4) is 6.07 Å². The highest BCUT2D eigenvalue weighted by molar-refractivity contribution is 7.57. The van der Waals surface area contributed by atoms with Crippen LogP contribution in [0.3, 0.4) is 0 Å². The fourth-order valence-electron chi connectivity index (χ4n) is 0.748. The maximum absolute atomic E-state index is 8.27. The highest BCUT2D eigenvalue weighted by Gasteiger charge is 1.99. The molecule has 0 saturated heterocycles. The van der Waals surface area contributed by atoms with E-state index < -0.39 is 0 Å². The highest BCUT2D eigenvalue weighted by atomic mass is 31.1. The molecule has 0 bridgehead atoms. The Labute approximate surface area is 58.8 Å². The molecule has 0 radical (unpaired) electrons. The van der Waals surface area contributed by atoms with Gasteiger partial charge in [0, 0.05) is 6.42 Å². The SMILES string of the molecule is CCP(CC)CCC#N. The lowest BCUT2D eigenvalue weighted by Gasteiger charge is -2.08. The van der Waals surface area contributed by atoms with Gasteiger partial charge in [-0.15, -0.1) is 7.92 Å². The minimum atomic E-state index is 0.215. The van der Waals surface area contributed by atoms with Crippen molar-refractivity contribution < 1.29 is 0 Å². The molecule has 0 N–H and O–H groups in total. The van der Waals surface area contributed by atoms with E-state index in [4.69, 9.17) is 5.26 Å². The summed E-state index contributed by atoms with van der Waals surface area (Å²) in [6.07, 6.45) is 4.48. The topological polar surface area (TPSA) is 23.8 Å². The summed E-state index contributed by atoms with van der Waals surface area (Å²) < 4.78 is 0. The Morgan fingerprint density at radius 1 is 1.33 bits per heavy atom. The van der Waals surface area contributed by atoms with E-state index in [1.54, 1.807) is 0 Å². The standard InChI is InChI=1S/C7H14NP/c1-3-9(4-2)7-5-6-8/h3-5,7H2,1-2H3. The Hall–Kier alpha value is -0.0800. The van der Waals surface area contributed by atoms with Gasteiger partial charge < -0.3 is 0 Å². The molecule has 52 valence electrons. The summed E-state index contributed by atoms with van der Waals surface area (Å²) in [5.74, 6) is 0. The molecule has 0 aromatic rings. The van der Waals surface area contributed by atoms with Gasteiger partial charge in [0.25, 0.3) is 0 Å². The van der Waals surface area contributed by atoms with Crippen LogP contribution in [0.1, 0.15) is 20.3 Å². The number of rotatable bonds is 4. The van der Waals surface area contributed by atoms with Gasteiger partial charge in [-0.1, -0.05) is 13.8 Å². The van der Waals surface area contributed by atoms with E-state index in [1.165, 1.54) is 12.3 Å². The average Bonchev–Trinajstić information content (AvgIpc) is 1.91. The van der Waals surface area contributed by atoms with Gasteiger partial charge in [0.1, 0.15) is 0 Å². The van der Waals surface area contributed by atoms with Crippen molar-refractivity contribution in [2.45, 2.75) is 20.3 Å². The number of hydrogen-bond donors (Lipinski definition) is 0. The fourth-order valence-corrected chi connectivity index (χ4v) is 2.24. The van der Waals surface area contributed by atoms with E-state index >= 15 is 0 Å². The van der Waals surface area contributed by atoms with Crippen LogP contribution in [0.15, 0.2) is 0 Å². The predicted molar refractivity (Wildman–Crippen MR) is 43.1 cm³/mol. The first-order valence-corrected chi connectivity index (χ1v) is 5.34. The van der Waals surface area contributed by atoms with Crippen LogP contribution in [-0.2, 0) is 0 Å². The third kappa shape index (κ3) is 4.43. The van der Waals surface area contributed by atoms with Gasteiger partial charge in [0.2, 0.25) is 0 Å². The molecule has 0 aromatic heterocycles. The molecule has 0 aliphatic rings. The van der Waals surface area contributed by atoms with Crippen molar-refractivity contribution in [2.75, 3.05) is 18.5 Å². The van der Waals surface area contributed by atoms with Crippen molar-refractivity contribution in [3.63, 3.8) is 0 Å². The smallest absolute Gasteiger partial charge is 0.0625 e. The van der Waals surface area contributed by atoms with Gasteiger partial charge in [-0.2, -0.15) is 5.26 Å². The van der Waals surface area contributed by atoms with E-state index in [-0.39, 0.29) is 7.92 Å². The van der Waals surface area contributed by atoms with Gasteiger partial charge in [0.05, 0.1) is 6.07 Å². The molecule has 0 amide bonds. The van der Waals surface area contributed by atoms with Crippen molar-refractivity contribution in [1.82, 2.24) is 0 Å². The molecule has 0 aliphatic carbocycles. The van der Waals surface area contributed by atoms with Crippen LogP contribution in [0.4, 0.5) is 0 Å². The summed E-state index contributed by atoms with van der Waals surface area (Å²) in [6.45, 7) is 4.43. The van der Waals surface area contributed by atoms with Gasteiger partial charge in [0.15, 0.2) is 0 Å². The lowest BCUT2D eigenvalue weighted by atomic mass is 10.6. The molecule has 0 aliphatic heterocycles. The molecule has 0 spiro atoms. The van der Waals surface area contributed by atoms with Gasteiger partial charge in [-0.05, 0) is 18.5 Å². The van der Waals surface area contributed by atoms with Crippen LogP contribution in [0.5, 0.6) is 0 Å². The van der Waals surface area contributed by atoms with Gasteiger partial charge in [-0.3, -0.25) is 0 Å². The Morgan fingerprint density at radius 2 is 1.89 bits per heavy atom. The van der Waals surface area contributed by atoms with Gasteiger partial charge in [-0.25, -0.2) is 0 Å². The highest BCUT2D eigenvalue weighted by Crippen LogP contribution is 2.34. The first kappa shape index (κ1) is 8.92. The van der Waals surface area contributed by atoms with Crippen LogP contribution in [0, 0.1) is 11.3 Å². The second-order valence-electron chi connectivity index (χ2n) is 1.93. The van der Waals surface area contributed by atoms with Crippen molar-refractivity contribution in [1.29, 1.82) is 5.26 Å². The average molecular weight is 143 g/mol. The minimum Gasteiger partial charge on any atom is -0.198 e. The zero-order valence-corrected chi connectivity index (χ0v) is 7.12. The van der Waals surface area contributed by atoms with Crippen LogP contribution in [-0.4, -0.2) is 18.5 Å². The van der Waals surface area contributed by atoms with Crippen LogP contribution < -0.4 is 0 Å². The molecular weight excluding hydrogens is 129 g/mol. The summed E-state index contributed by atoms with van der Waals surface area (Å²) in [4.78, 5) is 0. The Bertz CT molecular complexity index is 91.6. The third-order valence-electron chi connectivity index (χ3n) is 1.43. The van der Waals surface area contributed by atoms with E-state index in [0.717, 1.165) is 12.6 Å².